The van der Waals surface area contributed by atoms with Crippen LogP contribution in [0.25, 0.3) is 0 Å². The van der Waals surface area contributed by atoms with E-state index >= 15 is 0 Å². The van der Waals surface area contributed by atoms with Crippen molar-refractivity contribution in [2.24, 2.45) is 4.99 Å². The van der Waals surface area contributed by atoms with E-state index in [0.29, 0.717) is 35.2 Å². The molecule has 1 aliphatic carbocycles. The Bertz CT molecular complexity index is 1600. The Labute approximate surface area is 288 Å². The van der Waals surface area contributed by atoms with Crippen molar-refractivity contribution < 1.29 is 9.53 Å². The first-order valence-corrected chi connectivity index (χ1v) is 17.3. The van der Waals surface area contributed by atoms with E-state index in [1.165, 1.54) is 7.11 Å². The van der Waals surface area contributed by atoms with Gasteiger partial charge in [0.25, 0.3) is 0 Å². The molecule has 8 heteroatoms. The van der Waals surface area contributed by atoms with Crippen LogP contribution in [0.1, 0.15) is 62.3 Å². The van der Waals surface area contributed by atoms with Gasteiger partial charge in [0.2, 0.25) is 5.78 Å². The number of rotatable bonds is 15. The minimum absolute atomic E-state index is 0.197. The molecule has 3 aromatic rings. The molecule has 0 unspecified atom stereocenters. The molecule has 0 bridgehead atoms. The highest BCUT2D eigenvalue weighted by Gasteiger charge is 2.29. The number of aliphatic imine (C=N–C) groups is 1. The molecule has 0 aliphatic heterocycles. The average molecular weight is 651 g/mol. The smallest absolute Gasteiger partial charge is 0.245 e. The number of carbonyl (C=O) groups excluding carboxylic acids is 1. The predicted molar refractivity (Wildman–Crippen MR) is 205 cm³/mol. The van der Waals surface area contributed by atoms with Gasteiger partial charge in [-0.15, -0.1) is 0 Å². The minimum atomic E-state index is -0.250. The van der Waals surface area contributed by atoms with E-state index in [-0.39, 0.29) is 11.5 Å². The van der Waals surface area contributed by atoms with Gasteiger partial charge in [0.15, 0.2) is 5.76 Å². The molecule has 0 heterocycles. The number of methoxy groups -OCH3 is 1. The van der Waals surface area contributed by atoms with Crippen LogP contribution in [0.2, 0.25) is 0 Å². The van der Waals surface area contributed by atoms with Crippen LogP contribution in [0, 0.1) is 0 Å². The third kappa shape index (κ3) is 8.40. The Hall–Kier alpha value is -4.72. The van der Waals surface area contributed by atoms with E-state index in [9.17, 15) is 4.79 Å². The molecule has 2 N–H and O–H groups in total. The molecule has 0 fully saturated rings. The molecule has 0 radical (unpaired) electrons. The number of ketones is 1. The fraction of sp³-hybridized carbons (Fsp3) is 0.400. The van der Waals surface area contributed by atoms with Crippen molar-refractivity contribution in [3.8, 4) is 0 Å². The zero-order chi connectivity index (χ0) is 35.0. The molecule has 256 valence electrons. The summed E-state index contributed by atoms with van der Waals surface area (Å²) in [7, 11) is 1.53. The fourth-order valence-corrected chi connectivity index (χ4v) is 6.29. The van der Waals surface area contributed by atoms with Crippen LogP contribution in [0.4, 0.5) is 34.1 Å². The Morgan fingerprint density at radius 1 is 0.625 bits per heavy atom. The molecule has 0 saturated carbocycles. The zero-order valence-corrected chi connectivity index (χ0v) is 30.5. The van der Waals surface area contributed by atoms with E-state index < -0.39 is 0 Å². The van der Waals surface area contributed by atoms with Gasteiger partial charge in [-0.25, -0.2) is 4.99 Å². The van der Waals surface area contributed by atoms with Crippen LogP contribution in [-0.4, -0.2) is 56.4 Å². The lowest BCUT2D eigenvalue weighted by molar-refractivity contribution is -0.115. The third-order valence-corrected chi connectivity index (χ3v) is 8.69. The van der Waals surface area contributed by atoms with Gasteiger partial charge in [0, 0.05) is 66.2 Å². The maximum atomic E-state index is 13.9. The summed E-state index contributed by atoms with van der Waals surface area (Å²) in [6.45, 7) is 22.4. The second-order valence-electron chi connectivity index (χ2n) is 12.8. The average Bonchev–Trinajstić information content (AvgIpc) is 3.06. The van der Waals surface area contributed by atoms with Crippen molar-refractivity contribution in [1.82, 2.24) is 0 Å². The van der Waals surface area contributed by atoms with E-state index in [4.69, 9.17) is 9.73 Å². The van der Waals surface area contributed by atoms with Crippen molar-refractivity contribution >= 4 is 45.6 Å². The lowest BCUT2D eigenvalue weighted by Crippen LogP contribution is -2.30. The Morgan fingerprint density at radius 2 is 1.02 bits per heavy atom. The molecule has 0 amide bonds. The van der Waals surface area contributed by atoms with E-state index in [2.05, 4.69) is 124 Å². The summed E-state index contributed by atoms with van der Waals surface area (Å²) in [5, 5.41) is 6.82. The van der Waals surface area contributed by atoms with Crippen LogP contribution >= 0.6 is 0 Å². The molecule has 1 aliphatic rings. The topological polar surface area (TPSA) is 72.4 Å². The Balaban J connectivity index is 1.73. The van der Waals surface area contributed by atoms with Gasteiger partial charge in [-0.3, -0.25) is 4.79 Å². The largest absolute Gasteiger partial charge is 0.491 e. The number of Topliss-reactive ketones (excluding diaryl/α,β-unsaturated/α-hetero) is 1. The Kier molecular flexibility index (Phi) is 12.3. The summed E-state index contributed by atoms with van der Waals surface area (Å²) in [5.74, 6) is -0.0535. The molecule has 0 atom stereocenters. The van der Waals surface area contributed by atoms with Gasteiger partial charge >= 0.3 is 0 Å². The van der Waals surface area contributed by atoms with Crippen molar-refractivity contribution in [2.45, 2.75) is 80.4 Å². The quantitative estimate of drug-likeness (QED) is 0.159. The number of benzene rings is 3. The SMILES string of the molecule is CCN(c1ccc(/N=C2/C=C(Nc3ccc(N(CC)C(C)C)cc3)C(=O)C(OC)=C2Nc2ccc(N(CC)C(C)C)cc2)cc1)C(C)C. The van der Waals surface area contributed by atoms with Crippen LogP contribution in [0.15, 0.2) is 101 Å². The maximum absolute atomic E-state index is 13.9. The molecular formula is C40H54N6O2. The van der Waals surface area contributed by atoms with Gasteiger partial charge in [-0.05, 0) is 141 Å². The zero-order valence-electron chi connectivity index (χ0n) is 30.5. The van der Waals surface area contributed by atoms with Crippen molar-refractivity contribution in [2.75, 3.05) is 52.1 Å². The molecule has 0 aromatic heterocycles. The van der Waals surface area contributed by atoms with E-state index in [1.54, 1.807) is 6.08 Å². The number of hydrogen-bond acceptors (Lipinski definition) is 8. The molecule has 4 rings (SSSR count). The number of carbonyl (C=O) groups is 1. The maximum Gasteiger partial charge on any atom is 0.245 e. The second-order valence-corrected chi connectivity index (χ2v) is 12.8. The van der Waals surface area contributed by atoms with Crippen LogP contribution < -0.4 is 25.3 Å². The third-order valence-electron chi connectivity index (χ3n) is 8.69. The van der Waals surface area contributed by atoms with Crippen molar-refractivity contribution in [3.63, 3.8) is 0 Å². The highest BCUT2D eigenvalue weighted by molar-refractivity contribution is 6.26. The van der Waals surface area contributed by atoms with Gasteiger partial charge in [-0.1, -0.05) is 0 Å². The molecular weight excluding hydrogens is 596 g/mol. The number of anilines is 5. The summed E-state index contributed by atoms with van der Waals surface area (Å²) in [6, 6.07) is 25.8. The highest BCUT2D eigenvalue weighted by Crippen LogP contribution is 2.30. The van der Waals surface area contributed by atoms with E-state index in [0.717, 1.165) is 53.8 Å². The van der Waals surface area contributed by atoms with Gasteiger partial charge in [0.05, 0.1) is 24.2 Å². The second kappa shape index (κ2) is 16.4. The fourth-order valence-electron chi connectivity index (χ4n) is 6.29. The predicted octanol–water partition coefficient (Wildman–Crippen LogP) is 9.01. The molecule has 8 nitrogen and oxygen atoms in total. The summed E-state index contributed by atoms with van der Waals surface area (Å²) in [5.41, 5.74) is 7.34. The summed E-state index contributed by atoms with van der Waals surface area (Å²) < 4.78 is 5.80. The number of nitrogens with one attached hydrogen (secondary N) is 2. The van der Waals surface area contributed by atoms with Crippen molar-refractivity contribution in [1.29, 1.82) is 0 Å². The minimum Gasteiger partial charge on any atom is -0.491 e. The summed E-state index contributed by atoms with van der Waals surface area (Å²) in [4.78, 5) is 26.0. The summed E-state index contributed by atoms with van der Waals surface area (Å²) in [6.07, 6.45) is 1.81. The van der Waals surface area contributed by atoms with Gasteiger partial charge in [0.1, 0.15) is 5.70 Å². The molecule has 0 spiro atoms. The lowest BCUT2D eigenvalue weighted by Gasteiger charge is -2.28. The van der Waals surface area contributed by atoms with Crippen LogP contribution in [0.3, 0.4) is 0 Å². The van der Waals surface area contributed by atoms with Crippen LogP contribution in [0.5, 0.6) is 0 Å². The standard InChI is InChI=1S/C40H54N6O2/c1-11-44(27(4)5)33-20-14-30(15-21-33)41-36-26-37(42-31-16-22-34(23-17-31)45(12-2)28(6)7)39(47)40(48-10)38(36)43-32-18-24-35(25-19-32)46(13-3)29(8)9/h14-29,42-43H,11-13H2,1-10H3/b41-36-. The molecule has 0 saturated heterocycles. The number of nitrogens with zero attached hydrogens (tertiary/aromatic N) is 4. The summed E-state index contributed by atoms with van der Waals surface area (Å²) >= 11 is 0. The molecule has 3 aromatic carbocycles. The Morgan fingerprint density at radius 3 is 1.40 bits per heavy atom. The first kappa shape index (κ1) is 36.1. The van der Waals surface area contributed by atoms with Gasteiger partial charge in [-0.2, -0.15) is 0 Å². The van der Waals surface area contributed by atoms with Crippen molar-refractivity contribution in [3.05, 3.63) is 96.0 Å². The number of allylic oxidation sites excluding steroid dienone is 1. The first-order valence-electron chi connectivity index (χ1n) is 17.3. The van der Waals surface area contributed by atoms with Crippen LogP contribution in [-0.2, 0) is 9.53 Å². The normalized spacial score (nSPS) is 14.1. The number of ether oxygens (including phenoxy) is 1. The first-order chi connectivity index (χ1) is 23.0. The highest BCUT2D eigenvalue weighted by atomic mass is 16.5. The number of hydrogen-bond donors (Lipinski definition) is 2. The monoisotopic (exact) mass is 650 g/mol. The van der Waals surface area contributed by atoms with Gasteiger partial charge < -0.3 is 30.1 Å². The van der Waals surface area contributed by atoms with E-state index in [1.807, 2.05) is 36.4 Å². The molecule has 48 heavy (non-hydrogen) atoms. The lowest BCUT2D eigenvalue weighted by atomic mass is 10.0.